The fourth-order valence-corrected chi connectivity index (χ4v) is 5.20. The maximum absolute atomic E-state index is 15.0. The largest absolute Gasteiger partial charge is 0.455 e. The molecule has 0 spiro atoms. The molecule has 11 heteroatoms. The van der Waals surface area contributed by atoms with Crippen LogP contribution < -0.4 is 10.1 Å². The highest BCUT2D eigenvalue weighted by Gasteiger charge is 2.32. The van der Waals surface area contributed by atoms with Crippen LogP contribution in [0.25, 0.3) is 0 Å². The third kappa shape index (κ3) is 6.17. The Labute approximate surface area is 206 Å². The molecule has 1 atom stereocenters. The van der Waals surface area contributed by atoms with Crippen molar-refractivity contribution in [3.8, 4) is 11.5 Å². The Morgan fingerprint density at radius 1 is 1.06 bits per heavy atom. The quantitative estimate of drug-likeness (QED) is 0.350. The molecule has 0 bridgehead atoms. The lowest BCUT2D eigenvalue weighted by Gasteiger charge is -2.26. The summed E-state index contributed by atoms with van der Waals surface area (Å²) in [6, 6.07) is 8.34. The van der Waals surface area contributed by atoms with Gasteiger partial charge in [-0.1, -0.05) is 22.3 Å². The summed E-state index contributed by atoms with van der Waals surface area (Å²) in [7, 11) is -0.996. The van der Waals surface area contributed by atoms with Crippen molar-refractivity contribution in [2.75, 3.05) is 19.3 Å². The summed E-state index contributed by atoms with van der Waals surface area (Å²) in [5.41, 5.74) is -0.355. The first kappa shape index (κ1) is 25.5. The Hall–Kier alpha value is -2.56. The Kier molecular flexibility index (Phi) is 7.73. The zero-order valence-electron chi connectivity index (χ0n) is 18.5. The molecule has 4 nitrogen and oxygen atoms in total. The van der Waals surface area contributed by atoms with E-state index in [-0.39, 0.29) is 33.2 Å². The van der Waals surface area contributed by atoms with E-state index in [0.29, 0.717) is 31.5 Å². The summed E-state index contributed by atoms with van der Waals surface area (Å²) < 4.78 is 78.3. The summed E-state index contributed by atoms with van der Waals surface area (Å²) in [6.07, 6.45) is -0.524. The molecule has 2 aromatic carbocycles. The molecule has 1 aliphatic rings. The average molecular weight is 530 g/mol. The summed E-state index contributed by atoms with van der Waals surface area (Å²) in [4.78, 5) is 4.04. The number of pyridine rings is 1. The standard InChI is InChI=1S/C24H21ClF5N3OS/c1-35(33-23-5-3-16(26)13-32-23)22-11-18(25)21(12-19(22)27)34-20-4-2-15(24(28,29)30)10-17(20)14-6-8-31-9-7-14/h2-5,10-14,31H,6-9H2,1H3. The average Bonchev–Trinajstić information content (AvgIpc) is 2.82. The molecule has 3 aromatic rings. The van der Waals surface area contributed by atoms with Crippen molar-refractivity contribution in [3.63, 3.8) is 0 Å². The molecule has 186 valence electrons. The number of aromatic nitrogens is 1. The van der Waals surface area contributed by atoms with Gasteiger partial charge in [0.15, 0.2) is 5.82 Å². The zero-order valence-corrected chi connectivity index (χ0v) is 20.1. The van der Waals surface area contributed by atoms with E-state index in [1.165, 1.54) is 24.3 Å². The highest BCUT2D eigenvalue weighted by Crippen LogP contribution is 2.41. The number of halogens is 6. The number of ether oxygens (including phenoxy) is 1. The van der Waals surface area contributed by atoms with Crippen LogP contribution in [0.5, 0.6) is 11.5 Å². The monoisotopic (exact) mass is 529 g/mol. The molecule has 1 N–H and O–H groups in total. The first-order valence-electron chi connectivity index (χ1n) is 10.7. The molecule has 0 radical (unpaired) electrons. The van der Waals surface area contributed by atoms with E-state index < -0.39 is 34.1 Å². The smallest absolute Gasteiger partial charge is 0.416 e. The predicted octanol–water partition coefficient (Wildman–Crippen LogP) is 7.41. The van der Waals surface area contributed by atoms with E-state index in [1.54, 1.807) is 6.26 Å². The molecule has 1 aromatic heterocycles. The first-order chi connectivity index (χ1) is 16.6. The minimum absolute atomic E-state index is 0.0141. The molecule has 1 aliphatic heterocycles. The zero-order chi connectivity index (χ0) is 25.2. The van der Waals surface area contributed by atoms with Gasteiger partial charge in [-0.05, 0) is 80.1 Å². The van der Waals surface area contributed by atoms with Crippen molar-refractivity contribution in [1.29, 1.82) is 0 Å². The Balaban J connectivity index is 1.66. The molecule has 0 aliphatic carbocycles. The Bertz CT molecular complexity index is 1250. The second-order valence-electron chi connectivity index (χ2n) is 7.99. The number of hydrogen-bond donors (Lipinski definition) is 1. The molecule has 4 rings (SSSR count). The summed E-state index contributed by atoms with van der Waals surface area (Å²) >= 11 is 6.38. The van der Waals surface area contributed by atoms with Gasteiger partial charge in [0, 0.05) is 6.07 Å². The van der Waals surface area contributed by atoms with Crippen LogP contribution in [0, 0.1) is 11.6 Å². The van der Waals surface area contributed by atoms with Gasteiger partial charge in [-0.2, -0.15) is 13.2 Å². The van der Waals surface area contributed by atoms with Crippen molar-refractivity contribution >= 4 is 28.1 Å². The van der Waals surface area contributed by atoms with Gasteiger partial charge in [0.2, 0.25) is 0 Å². The van der Waals surface area contributed by atoms with Gasteiger partial charge in [-0.15, -0.1) is 0 Å². The van der Waals surface area contributed by atoms with Crippen LogP contribution in [-0.2, 0) is 16.9 Å². The lowest BCUT2D eigenvalue weighted by Crippen LogP contribution is -2.27. The van der Waals surface area contributed by atoms with Gasteiger partial charge in [0.25, 0.3) is 0 Å². The van der Waals surface area contributed by atoms with Crippen molar-refractivity contribution < 1.29 is 26.7 Å². The number of nitrogens with one attached hydrogen (secondary N) is 1. The SMILES string of the molecule is CS(=Nc1ccc(F)cn1)c1cc(Cl)c(Oc2ccc(C(F)(F)F)cc2C2CCNCC2)cc1F. The number of rotatable bonds is 5. The fourth-order valence-electron chi connectivity index (χ4n) is 3.81. The van der Waals surface area contributed by atoms with Gasteiger partial charge in [0.1, 0.15) is 23.1 Å². The molecule has 1 unspecified atom stereocenters. The topological polar surface area (TPSA) is 46.5 Å². The highest BCUT2D eigenvalue weighted by molar-refractivity contribution is 7.86. The molecule has 0 amide bonds. The van der Waals surface area contributed by atoms with Crippen LogP contribution in [0.1, 0.15) is 29.9 Å². The van der Waals surface area contributed by atoms with Crippen molar-refractivity contribution in [2.24, 2.45) is 4.36 Å². The van der Waals surface area contributed by atoms with Gasteiger partial charge >= 0.3 is 6.18 Å². The molecule has 2 heterocycles. The molecular formula is C24H21ClF5N3OS. The van der Waals surface area contributed by atoms with Crippen LogP contribution in [0.3, 0.4) is 0 Å². The number of nitrogens with zero attached hydrogens (tertiary/aromatic N) is 2. The van der Waals surface area contributed by atoms with Crippen molar-refractivity contribution in [1.82, 2.24) is 10.3 Å². The lowest BCUT2D eigenvalue weighted by atomic mass is 9.88. The van der Waals surface area contributed by atoms with Crippen LogP contribution in [-0.4, -0.2) is 24.3 Å². The van der Waals surface area contributed by atoms with E-state index >= 15 is 0 Å². The number of piperidine rings is 1. The fraction of sp³-hybridized carbons (Fsp3) is 0.292. The third-order valence-electron chi connectivity index (χ3n) is 5.58. The van der Waals surface area contributed by atoms with Gasteiger partial charge in [0.05, 0.1) is 21.7 Å². The number of hydrogen-bond acceptors (Lipinski definition) is 4. The summed E-state index contributed by atoms with van der Waals surface area (Å²) in [5.74, 6) is -0.863. The molecular weight excluding hydrogens is 509 g/mol. The van der Waals surface area contributed by atoms with E-state index in [9.17, 15) is 22.0 Å². The molecule has 1 saturated heterocycles. The summed E-state index contributed by atoms with van der Waals surface area (Å²) in [5, 5.41) is 3.27. The third-order valence-corrected chi connectivity index (χ3v) is 7.29. The lowest BCUT2D eigenvalue weighted by molar-refractivity contribution is -0.137. The summed E-state index contributed by atoms with van der Waals surface area (Å²) in [6.45, 7) is 1.35. The van der Waals surface area contributed by atoms with Gasteiger partial charge in [-0.3, -0.25) is 0 Å². The van der Waals surface area contributed by atoms with Crippen molar-refractivity contribution in [2.45, 2.75) is 29.8 Å². The maximum Gasteiger partial charge on any atom is 0.416 e. The van der Waals surface area contributed by atoms with Gasteiger partial charge < -0.3 is 10.1 Å². The van der Waals surface area contributed by atoms with E-state index in [1.807, 2.05) is 0 Å². The molecule has 35 heavy (non-hydrogen) atoms. The van der Waals surface area contributed by atoms with E-state index in [2.05, 4.69) is 14.7 Å². The first-order valence-corrected chi connectivity index (χ1v) is 12.7. The van der Waals surface area contributed by atoms with Crippen LogP contribution in [0.4, 0.5) is 27.8 Å². The second-order valence-corrected chi connectivity index (χ2v) is 9.98. The number of benzene rings is 2. The Morgan fingerprint density at radius 2 is 1.80 bits per heavy atom. The second kappa shape index (κ2) is 10.6. The molecule has 1 fully saturated rings. The van der Waals surface area contributed by atoms with Crippen molar-refractivity contribution in [3.05, 3.63) is 76.4 Å². The van der Waals surface area contributed by atoms with E-state index in [0.717, 1.165) is 24.4 Å². The van der Waals surface area contributed by atoms with E-state index in [4.69, 9.17) is 16.3 Å². The van der Waals surface area contributed by atoms with Gasteiger partial charge in [-0.25, -0.2) is 18.1 Å². The highest BCUT2D eigenvalue weighted by atomic mass is 35.5. The normalized spacial score (nSPS) is 15.9. The van der Waals surface area contributed by atoms with Crippen LogP contribution in [0.15, 0.2) is 57.9 Å². The minimum atomic E-state index is -4.49. The number of alkyl halides is 3. The van der Waals surface area contributed by atoms with Crippen LogP contribution in [0.2, 0.25) is 5.02 Å². The predicted molar refractivity (Wildman–Crippen MR) is 126 cm³/mol. The van der Waals surface area contributed by atoms with Crippen LogP contribution >= 0.6 is 11.6 Å². The minimum Gasteiger partial charge on any atom is -0.455 e. The Morgan fingerprint density at radius 3 is 2.46 bits per heavy atom. The maximum atomic E-state index is 15.0. The molecule has 0 saturated carbocycles.